The summed E-state index contributed by atoms with van der Waals surface area (Å²) in [6.45, 7) is 1.23. The molecule has 0 spiro atoms. The molecule has 2 aliphatic heterocycles. The van der Waals surface area contributed by atoms with Crippen molar-refractivity contribution in [1.29, 1.82) is 0 Å². The van der Waals surface area contributed by atoms with Gasteiger partial charge in [-0.2, -0.15) is 11.8 Å². The summed E-state index contributed by atoms with van der Waals surface area (Å²) in [6.07, 6.45) is 2.11. The van der Waals surface area contributed by atoms with Crippen molar-refractivity contribution in [3.8, 4) is 0 Å². The van der Waals surface area contributed by atoms with Crippen molar-refractivity contribution in [2.75, 3.05) is 24.6 Å². The molecule has 1 fully saturated rings. The van der Waals surface area contributed by atoms with E-state index in [2.05, 4.69) is 4.99 Å². The van der Waals surface area contributed by atoms with Crippen LogP contribution in [0.2, 0.25) is 0 Å². The van der Waals surface area contributed by atoms with E-state index in [9.17, 15) is 14.4 Å². The number of aliphatic imine (C=N–C) groups is 1. The molecule has 0 saturated carbocycles. The Kier molecular flexibility index (Phi) is 3.19. The minimum atomic E-state index is -0.752. The molecule has 16 heavy (non-hydrogen) atoms. The van der Waals surface area contributed by atoms with Gasteiger partial charge >= 0.3 is 0 Å². The highest BCUT2D eigenvalue weighted by atomic mass is 32.2. The van der Waals surface area contributed by atoms with Crippen LogP contribution < -0.4 is 0 Å². The maximum atomic E-state index is 11.9. The fraction of sp³-hybridized carbons (Fsp3) is 0.400. The summed E-state index contributed by atoms with van der Waals surface area (Å²) >= 11 is 1.77. The smallest absolute Gasteiger partial charge is 0.259 e. The lowest BCUT2D eigenvalue weighted by atomic mass is 10.1. The third-order valence-electron chi connectivity index (χ3n) is 2.39. The lowest BCUT2D eigenvalue weighted by molar-refractivity contribution is -0.134. The van der Waals surface area contributed by atoms with Gasteiger partial charge in [0.25, 0.3) is 5.91 Å². The fourth-order valence-corrected chi connectivity index (χ4v) is 2.42. The molecule has 0 aliphatic carbocycles. The Balaban J connectivity index is 2.15. The first-order valence-electron chi connectivity index (χ1n) is 4.89. The monoisotopic (exact) mass is 238 g/mol. The number of nitrogens with zero attached hydrogens (tertiary/aromatic N) is 2. The molecule has 0 aromatic heterocycles. The second-order valence-corrected chi connectivity index (χ2v) is 4.64. The Morgan fingerprint density at radius 2 is 2.00 bits per heavy atom. The number of hydrogen-bond acceptors (Lipinski definition) is 5. The molecule has 0 aromatic rings. The number of amides is 1. The molecule has 1 amide bonds. The van der Waals surface area contributed by atoms with E-state index < -0.39 is 11.6 Å². The number of hydrogen-bond donors (Lipinski definition) is 0. The average Bonchev–Trinajstić information content (AvgIpc) is 2.33. The van der Waals surface area contributed by atoms with Crippen LogP contribution in [-0.4, -0.2) is 53.2 Å². The third-order valence-corrected chi connectivity index (χ3v) is 3.34. The Bertz CT molecular complexity index is 408. The second kappa shape index (κ2) is 4.61. The molecular weight excluding hydrogens is 228 g/mol. The van der Waals surface area contributed by atoms with Gasteiger partial charge in [-0.1, -0.05) is 0 Å². The molecule has 2 aliphatic rings. The average molecular weight is 238 g/mol. The van der Waals surface area contributed by atoms with Crippen LogP contribution in [0.15, 0.2) is 16.8 Å². The van der Waals surface area contributed by atoms with Gasteiger partial charge in [-0.15, -0.1) is 0 Å². The molecule has 2 rings (SSSR count). The maximum absolute atomic E-state index is 11.9. The lowest BCUT2D eigenvalue weighted by Gasteiger charge is -2.26. The van der Waals surface area contributed by atoms with Crippen molar-refractivity contribution in [3.05, 3.63) is 11.8 Å². The summed E-state index contributed by atoms with van der Waals surface area (Å²) in [5.74, 6) is -0.125. The third kappa shape index (κ3) is 2.06. The van der Waals surface area contributed by atoms with E-state index in [1.165, 1.54) is 6.20 Å². The molecule has 6 heteroatoms. The van der Waals surface area contributed by atoms with Crippen LogP contribution in [0.25, 0.3) is 0 Å². The molecule has 0 unspecified atom stereocenters. The standard InChI is InChI=1S/C10H10N2O3S/c13-8-6-11-5-7(9(8)14)10(15)12-1-3-16-4-2-12/h5-6H,1-4H2. The minimum absolute atomic E-state index is 0.112. The van der Waals surface area contributed by atoms with Crippen LogP contribution in [0.1, 0.15) is 0 Å². The topological polar surface area (TPSA) is 66.8 Å². The highest BCUT2D eigenvalue weighted by Crippen LogP contribution is 2.14. The molecule has 0 aromatic carbocycles. The van der Waals surface area contributed by atoms with Crippen LogP contribution in [0.3, 0.4) is 0 Å². The van der Waals surface area contributed by atoms with Gasteiger partial charge in [0.15, 0.2) is 0 Å². The summed E-state index contributed by atoms with van der Waals surface area (Å²) in [4.78, 5) is 39.6. The van der Waals surface area contributed by atoms with Gasteiger partial charge in [0.2, 0.25) is 11.6 Å². The van der Waals surface area contributed by atoms with E-state index in [-0.39, 0.29) is 11.5 Å². The highest BCUT2D eigenvalue weighted by Gasteiger charge is 2.30. The fourth-order valence-electron chi connectivity index (χ4n) is 1.52. The van der Waals surface area contributed by atoms with Crippen molar-refractivity contribution in [3.63, 3.8) is 0 Å². The molecule has 0 atom stereocenters. The van der Waals surface area contributed by atoms with Crippen LogP contribution in [0.4, 0.5) is 0 Å². The summed E-state index contributed by atoms with van der Waals surface area (Å²) < 4.78 is 0. The lowest BCUT2D eigenvalue weighted by Crippen LogP contribution is -2.41. The Labute approximate surface area is 96.6 Å². The van der Waals surface area contributed by atoms with Gasteiger partial charge in [-0.05, 0) is 0 Å². The molecule has 0 N–H and O–H groups in total. The van der Waals surface area contributed by atoms with Gasteiger partial charge in [0.05, 0.1) is 6.21 Å². The maximum Gasteiger partial charge on any atom is 0.259 e. The first-order chi connectivity index (χ1) is 7.70. The van der Waals surface area contributed by atoms with E-state index in [0.717, 1.165) is 17.7 Å². The van der Waals surface area contributed by atoms with Crippen molar-refractivity contribution < 1.29 is 14.4 Å². The molecule has 0 radical (unpaired) electrons. The quantitative estimate of drug-likeness (QED) is 0.463. The summed E-state index contributed by atoms with van der Waals surface area (Å²) in [6, 6.07) is 0. The Morgan fingerprint density at radius 3 is 2.69 bits per heavy atom. The molecule has 1 saturated heterocycles. The summed E-state index contributed by atoms with van der Waals surface area (Å²) in [7, 11) is 0. The Morgan fingerprint density at radius 1 is 1.31 bits per heavy atom. The predicted octanol–water partition coefficient (Wildman–Crippen LogP) is -0.332. The van der Waals surface area contributed by atoms with Gasteiger partial charge in [-0.3, -0.25) is 19.4 Å². The normalized spacial score (nSPS) is 21.0. The van der Waals surface area contributed by atoms with Crippen molar-refractivity contribution in [2.24, 2.45) is 4.99 Å². The zero-order chi connectivity index (χ0) is 11.5. The summed E-state index contributed by atoms with van der Waals surface area (Å²) in [5, 5.41) is 0. The van der Waals surface area contributed by atoms with Crippen LogP contribution in [-0.2, 0) is 14.4 Å². The van der Waals surface area contributed by atoms with Gasteiger partial charge < -0.3 is 4.90 Å². The number of carbonyl (C=O) groups excluding carboxylic acids is 3. The first kappa shape index (κ1) is 11.1. The van der Waals surface area contributed by atoms with E-state index >= 15 is 0 Å². The minimum Gasteiger partial charge on any atom is -0.337 e. The van der Waals surface area contributed by atoms with E-state index in [1.54, 1.807) is 16.7 Å². The SMILES string of the molecule is O=C1C=NC=C(C(=O)N2CCSCC2)C1=O. The van der Waals surface area contributed by atoms with E-state index in [1.807, 2.05) is 0 Å². The van der Waals surface area contributed by atoms with E-state index in [4.69, 9.17) is 0 Å². The molecular formula is C10H10N2O3S. The zero-order valence-corrected chi connectivity index (χ0v) is 9.33. The van der Waals surface area contributed by atoms with Crippen LogP contribution in [0.5, 0.6) is 0 Å². The number of ketones is 2. The Hall–Kier alpha value is -1.43. The van der Waals surface area contributed by atoms with Gasteiger partial charge in [0.1, 0.15) is 5.57 Å². The van der Waals surface area contributed by atoms with Crippen molar-refractivity contribution in [2.45, 2.75) is 0 Å². The van der Waals surface area contributed by atoms with Crippen LogP contribution >= 0.6 is 11.8 Å². The first-order valence-corrected chi connectivity index (χ1v) is 6.04. The molecule has 0 bridgehead atoms. The number of Topliss-reactive ketones (excluding diaryl/α,β-unsaturated/α-hetero) is 2. The summed E-state index contributed by atoms with van der Waals surface area (Å²) in [5.41, 5.74) is -0.112. The largest absolute Gasteiger partial charge is 0.337 e. The van der Waals surface area contributed by atoms with Crippen molar-refractivity contribution >= 4 is 35.5 Å². The second-order valence-electron chi connectivity index (χ2n) is 3.42. The number of rotatable bonds is 1. The van der Waals surface area contributed by atoms with Crippen LogP contribution in [0, 0.1) is 0 Å². The molecule has 84 valence electrons. The van der Waals surface area contributed by atoms with Gasteiger partial charge in [0, 0.05) is 30.8 Å². The number of carbonyl (C=O) groups is 3. The van der Waals surface area contributed by atoms with Gasteiger partial charge in [-0.25, -0.2) is 0 Å². The zero-order valence-electron chi connectivity index (χ0n) is 8.51. The molecule has 2 heterocycles. The van der Waals surface area contributed by atoms with E-state index in [0.29, 0.717) is 13.1 Å². The van der Waals surface area contributed by atoms with Crippen molar-refractivity contribution in [1.82, 2.24) is 4.90 Å². The number of thioether (sulfide) groups is 1. The molecule has 5 nitrogen and oxygen atoms in total. The predicted molar refractivity (Wildman–Crippen MR) is 60.5 cm³/mol. The highest BCUT2D eigenvalue weighted by molar-refractivity contribution is 7.99.